The summed E-state index contributed by atoms with van der Waals surface area (Å²) in [5, 5.41) is 5.40. The van der Waals surface area contributed by atoms with Gasteiger partial charge in [-0.25, -0.2) is 0 Å². The van der Waals surface area contributed by atoms with Crippen molar-refractivity contribution in [3.63, 3.8) is 0 Å². The van der Waals surface area contributed by atoms with Crippen molar-refractivity contribution in [2.45, 2.75) is 26.4 Å². The van der Waals surface area contributed by atoms with Crippen molar-refractivity contribution in [2.75, 3.05) is 33.0 Å². The van der Waals surface area contributed by atoms with Gasteiger partial charge in [-0.3, -0.25) is 14.4 Å². The fourth-order valence-electron chi connectivity index (χ4n) is 3.07. The van der Waals surface area contributed by atoms with E-state index < -0.39 is 0 Å². The number of carbonyl (C=O) groups excluding carboxylic acids is 3. The summed E-state index contributed by atoms with van der Waals surface area (Å²) in [5.74, 6) is -0.464. The first-order chi connectivity index (χ1) is 14.2. The van der Waals surface area contributed by atoms with Crippen LogP contribution in [0.15, 0.2) is 48.5 Å². The SMILES string of the molecule is CNC(=O)c1ccc(C[NH+](C)[C@@H](C)C(=O)N(C)CC(=O)Nc2ccc(C)cc2)cc1. The number of benzene rings is 2. The summed E-state index contributed by atoms with van der Waals surface area (Å²) >= 11 is 0. The quantitative estimate of drug-likeness (QED) is 0.602. The molecule has 3 amide bonds. The minimum Gasteiger partial charge on any atom is -0.355 e. The number of likely N-dealkylation sites (N-methyl/N-ethyl adjacent to an activating group) is 2. The number of quaternary nitrogens is 1. The molecular weight excluding hydrogens is 380 g/mol. The van der Waals surface area contributed by atoms with Crippen molar-refractivity contribution in [2.24, 2.45) is 0 Å². The molecule has 0 saturated heterocycles. The smallest absolute Gasteiger partial charge is 0.280 e. The number of nitrogens with one attached hydrogen (secondary N) is 3. The van der Waals surface area contributed by atoms with E-state index in [9.17, 15) is 14.4 Å². The summed E-state index contributed by atoms with van der Waals surface area (Å²) in [6.45, 7) is 4.45. The van der Waals surface area contributed by atoms with Gasteiger partial charge in [0.2, 0.25) is 5.91 Å². The van der Waals surface area contributed by atoms with Crippen LogP contribution >= 0.6 is 0 Å². The van der Waals surface area contributed by atoms with E-state index in [4.69, 9.17) is 0 Å². The average molecular weight is 412 g/mol. The Kier molecular flexibility index (Phi) is 8.12. The Morgan fingerprint density at radius 2 is 1.63 bits per heavy atom. The van der Waals surface area contributed by atoms with E-state index >= 15 is 0 Å². The molecule has 160 valence electrons. The minimum atomic E-state index is -0.319. The van der Waals surface area contributed by atoms with Crippen LogP contribution in [0.5, 0.6) is 0 Å². The molecule has 7 heteroatoms. The van der Waals surface area contributed by atoms with Crippen LogP contribution in [-0.4, -0.2) is 56.4 Å². The lowest BCUT2D eigenvalue weighted by molar-refractivity contribution is -0.908. The van der Waals surface area contributed by atoms with Crippen LogP contribution in [-0.2, 0) is 16.1 Å². The lowest BCUT2D eigenvalue weighted by atomic mass is 10.1. The van der Waals surface area contributed by atoms with Gasteiger partial charge in [0, 0.05) is 30.9 Å². The first kappa shape index (κ1) is 23.1. The summed E-state index contributed by atoms with van der Waals surface area (Å²) in [7, 11) is 5.17. The van der Waals surface area contributed by atoms with Gasteiger partial charge in [-0.05, 0) is 38.1 Å². The van der Waals surface area contributed by atoms with Gasteiger partial charge in [0.1, 0.15) is 6.54 Å². The zero-order valence-electron chi connectivity index (χ0n) is 18.3. The number of carbonyl (C=O) groups is 3. The van der Waals surface area contributed by atoms with Crippen LogP contribution < -0.4 is 15.5 Å². The molecule has 0 saturated carbocycles. The summed E-state index contributed by atoms with van der Waals surface area (Å²) in [5.41, 5.74) is 3.45. The van der Waals surface area contributed by atoms with Crippen LogP contribution in [0.1, 0.15) is 28.4 Å². The summed E-state index contributed by atoms with van der Waals surface area (Å²) in [6, 6.07) is 14.5. The van der Waals surface area contributed by atoms with Gasteiger partial charge >= 0.3 is 0 Å². The Hall–Kier alpha value is -3.19. The fourth-order valence-corrected chi connectivity index (χ4v) is 3.07. The lowest BCUT2D eigenvalue weighted by Crippen LogP contribution is -3.12. The molecule has 1 unspecified atom stereocenters. The zero-order valence-corrected chi connectivity index (χ0v) is 18.3. The van der Waals surface area contributed by atoms with Crippen molar-refractivity contribution in [3.05, 3.63) is 65.2 Å². The molecule has 0 aromatic heterocycles. The Balaban J connectivity index is 1.88. The zero-order chi connectivity index (χ0) is 22.3. The van der Waals surface area contributed by atoms with E-state index in [0.717, 1.165) is 16.0 Å². The van der Waals surface area contributed by atoms with Gasteiger partial charge in [-0.1, -0.05) is 29.8 Å². The maximum atomic E-state index is 12.8. The second-order valence-electron chi connectivity index (χ2n) is 7.63. The standard InChI is InChI=1S/C23H30N4O3/c1-16-6-12-20(13-7-16)25-21(28)15-27(5)23(30)17(2)26(4)14-18-8-10-19(11-9-18)22(29)24-3/h6-13,17H,14-15H2,1-5H3,(H,24,29)(H,25,28)/p+1/t17-/m0/s1. The number of anilines is 1. The van der Waals surface area contributed by atoms with Crippen molar-refractivity contribution < 1.29 is 19.3 Å². The maximum absolute atomic E-state index is 12.8. The normalized spacial score (nSPS) is 12.6. The molecule has 2 aromatic carbocycles. The van der Waals surface area contributed by atoms with Crippen LogP contribution in [0.25, 0.3) is 0 Å². The van der Waals surface area contributed by atoms with E-state index in [-0.39, 0.29) is 30.3 Å². The molecule has 30 heavy (non-hydrogen) atoms. The number of nitrogens with zero attached hydrogens (tertiary/aromatic N) is 1. The summed E-state index contributed by atoms with van der Waals surface area (Å²) < 4.78 is 0. The number of hydrogen-bond acceptors (Lipinski definition) is 3. The predicted molar refractivity (Wildman–Crippen MR) is 117 cm³/mol. The van der Waals surface area contributed by atoms with Gasteiger partial charge in [0.15, 0.2) is 6.04 Å². The minimum absolute atomic E-state index is 0.00877. The molecule has 0 spiro atoms. The van der Waals surface area contributed by atoms with E-state index in [1.807, 2.05) is 57.3 Å². The molecule has 7 nitrogen and oxygen atoms in total. The lowest BCUT2D eigenvalue weighted by Gasteiger charge is -2.25. The molecular formula is C23H31N4O3+. The number of amides is 3. The molecule has 0 bridgehead atoms. The average Bonchev–Trinajstić information content (AvgIpc) is 2.74. The van der Waals surface area contributed by atoms with E-state index in [1.54, 1.807) is 26.2 Å². The fraction of sp³-hybridized carbons (Fsp3) is 0.348. The second kappa shape index (κ2) is 10.5. The predicted octanol–water partition coefficient (Wildman–Crippen LogP) is 0.855. The van der Waals surface area contributed by atoms with Gasteiger partial charge in [-0.15, -0.1) is 0 Å². The van der Waals surface area contributed by atoms with Crippen LogP contribution in [0.2, 0.25) is 0 Å². The van der Waals surface area contributed by atoms with E-state index in [2.05, 4.69) is 10.6 Å². The summed E-state index contributed by atoms with van der Waals surface area (Å²) in [6.07, 6.45) is 0. The van der Waals surface area contributed by atoms with Gasteiger partial charge in [0.05, 0.1) is 13.6 Å². The Labute approximate surface area is 178 Å². The largest absolute Gasteiger partial charge is 0.355 e. The van der Waals surface area contributed by atoms with Crippen molar-refractivity contribution >= 4 is 23.4 Å². The Morgan fingerprint density at radius 3 is 2.20 bits per heavy atom. The van der Waals surface area contributed by atoms with Gasteiger partial charge in [-0.2, -0.15) is 0 Å². The van der Waals surface area contributed by atoms with E-state index in [1.165, 1.54) is 4.90 Å². The number of hydrogen-bond donors (Lipinski definition) is 3. The van der Waals surface area contributed by atoms with Crippen LogP contribution in [0, 0.1) is 6.92 Å². The molecule has 0 radical (unpaired) electrons. The molecule has 2 atom stereocenters. The molecule has 0 heterocycles. The van der Waals surface area contributed by atoms with Crippen molar-refractivity contribution in [3.8, 4) is 0 Å². The Morgan fingerprint density at radius 1 is 1.03 bits per heavy atom. The van der Waals surface area contributed by atoms with Crippen molar-refractivity contribution in [1.82, 2.24) is 10.2 Å². The highest BCUT2D eigenvalue weighted by Crippen LogP contribution is 2.08. The monoisotopic (exact) mass is 411 g/mol. The third-order valence-electron chi connectivity index (χ3n) is 5.13. The third kappa shape index (κ3) is 6.42. The van der Waals surface area contributed by atoms with E-state index in [0.29, 0.717) is 17.8 Å². The molecule has 2 rings (SSSR count). The highest BCUT2D eigenvalue weighted by Gasteiger charge is 2.26. The molecule has 0 aliphatic carbocycles. The number of rotatable bonds is 8. The molecule has 0 aliphatic heterocycles. The maximum Gasteiger partial charge on any atom is 0.280 e. The van der Waals surface area contributed by atoms with Gasteiger partial charge < -0.3 is 20.4 Å². The first-order valence-corrected chi connectivity index (χ1v) is 9.96. The summed E-state index contributed by atoms with van der Waals surface area (Å²) in [4.78, 5) is 39.1. The third-order valence-corrected chi connectivity index (χ3v) is 5.13. The highest BCUT2D eigenvalue weighted by molar-refractivity contribution is 5.95. The number of aryl methyl sites for hydroxylation is 1. The molecule has 2 aromatic rings. The highest BCUT2D eigenvalue weighted by atomic mass is 16.2. The Bertz CT molecular complexity index is 878. The van der Waals surface area contributed by atoms with Crippen LogP contribution in [0.3, 0.4) is 0 Å². The van der Waals surface area contributed by atoms with Gasteiger partial charge in [0.25, 0.3) is 11.8 Å². The molecule has 0 fully saturated rings. The molecule has 0 aliphatic rings. The van der Waals surface area contributed by atoms with Crippen LogP contribution in [0.4, 0.5) is 5.69 Å². The second-order valence-corrected chi connectivity index (χ2v) is 7.63. The molecule has 3 N–H and O–H groups in total. The van der Waals surface area contributed by atoms with Crippen molar-refractivity contribution in [1.29, 1.82) is 0 Å². The topological polar surface area (TPSA) is 83.0 Å². The first-order valence-electron chi connectivity index (χ1n) is 9.96.